The van der Waals surface area contributed by atoms with Crippen LogP contribution in [0.4, 0.5) is 0 Å². The largest absolute Gasteiger partial charge is 0.327 e. The van der Waals surface area contributed by atoms with Gasteiger partial charge in [0.15, 0.2) is 5.82 Å². The number of hydrogen-bond donors (Lipinski definition) is 1. The molecule has 0 radical (unpaired) electrons. The SMILES string of the molecule is CCn1nccc1C(=O)N1CCCCC1c1nc(-c2ccncc2)n[nH]1. The molecule has 1 N–H and O–H groups in total. The second-order valence-corrected chi connectivity index (χ2v) is 6.32. The van der Waals surface area contributed by atoms with E-state index in [4.69, 9.17) is 0 Å². The molecule has 0 saturated carbocycles. The van der Waals surface area contributed by atoms with Crippen LogP contribution in [-0.2, 0) is 6.54 Å². The van der Waals surface area contributed by atoms with Gasteiger partial charge < -0.3 is 4.90 Å². The first-order chi connectivity index (χ1) is 12.8. The van der Waals surface area contributed by atoms with Gasteiger partial charge in [0, 0.05) is 37.2 Å². The van der Waals surface area contributed by atoms with Gasteiger partial charge in [0.05, 0.1) is 6.04 Å². The van der Waals surface area contributed by atoms with Crippen molar-refractivity contribution < 1.29 is 4.79 Å². The molecule has 134 valence electrons. The summed E-state index contributed by atoms with van der Waals surface area (Å²) in [5.41, 5.74) is 1.52. The average molecular weight is 351 g/mol. The summed E-state index contributed by atoms with van der Waals surface area (Å²) >= 11 is 0. The summed E-state index contributed by atoms with van der Waals surface area (Å²) in [5, 5.41) is 11.6. The highest BCUT2D eigenvalue weighted by Gasteiger charge is 2.32. The van der Waals surface area contributed by atoms with Crippen molar-refractivity contribution in [3.05, 3.63) is 48.3 Å². The highest BCUT2D eigenvalue weighted by atomic mass is 16.2. The lowest BCUT2D eigenvalue weighted by Crippen LogP contribution is -2.40. The number of H-pyrrole nitrogens is 1. The highest BCUT2D eigenvalue weighted by molar-refractivity contribution is 5.92. The number of piperidine rings is 1. The number of pyridine rings is 1. The molecule has 0 aliphatic carbocycles. The number of amides is 1. The van der Waals surface area contributed by atoms with E-state index in [0.717, 1.165) is 30.7 Å². The van der Waals surface area contributed by atoms with Gasteiger partial charge in [0.2, 0.25) is 0 Å². The number of carbonyl (C=O) groups is 1. The molecule has 1 aliphatic rings. The van der Waals surface area contributed by atoms with Crippen LogP contribution in [-0.4, -0.2) is 47.3 Å². The minimum Gasteiger partial charge on any atom is -0.327 e. The first-order valence-corrected chi connectivity index (χ1v) is 8.93. The summed E-state index contributed by atoms with van der Waals surface area (Å²) < 4.78 is 1.73. The lowest BCUT2D eigenvalue weighted by molar-refractivity contribution is 0.0587. The Labute approximate surface area is 151 Å². The molecular formula is C18H21N7O. The van der Waals surface area contributed by atoms with Gasteiger partial charge in [-0.2, -0.15) is 10.2 Å². The zero-order chi connectivity index (χ0) is 17.9. The Balaban J connectivity index is 1.62. The first-order valence-electron chi connectivity index (χ1n) is 8.93. The Hall–Kier alpha value is -3.03. The molecule has 0 spiro atoms. The zero-order valence-electron chi connectivity index (χ0n) is 14.7. The van der Waals surface area contributed by atoms with Crippen LogP contribution in [0.3, 0.4) is 0 Å². The minimum atomic E-state index is -0.0976. The zero-order valence-corrected chi connectivity index (χ0v) is 14.7. The van der Waals surface area contributed by atoms with Crippen molar-refractivity contribution in [2.24, 2.45) is 0 Å². The van der Waals surface area contributed by atoms with Crippen LogP contribution in [0, 0.1) is 0 Å². The Morgan fingerprint density at radius 3 is 2.88 bits per heavy atom. The number of likely N-dealkylation sites (tertiary alicyclic amines) is 1. The van der Waals surface area contributed by atoms with Crippen LogP contribution in [0.15, 0.2) is 36.8 Å². The Kier molecular flexibility index (Phi) is 4.47. The van der Waals surface area contributed by atoms with Crippen molar-refractivity contribution in [3.63, 3.8) is 0 Å². The Morgan fingerprint density at radius 1 is 1.23 bits per heavy atom. The smallest absolute Gasteiger partial charge is 0.272 e. The van der Waals surface area contributed by atoms with Crippen LogP contribution in [0.1, 0.15) is 48.5 Å². The van der Waals surface area contributed by atoms with Gasteiger partial charge in [-0.05, 0) is 44.4 Å². The third-order valence-electron chi connectivity index (χ3n) is 4.76. The number of nitrogens with zero attached hydrogens (tertiary/aromatic N) is 6. The van der Waals surface area contributed by atoms with E-state index in [1.54, 1.807) is 29.3 Å². The maximum Gasteiger partial charge on any atom is 0.272 e. The predicted octanol–water partition coefficient (Wildman–Crippen LogP) is 2.45. The molecule has 4 heterocycles. The normalized spacial score (nSPS) is 17.4. The van der Waals surface area contributed by atoms with Crippen molar-refractivity contribution in [2.75, 3.05) is 6.54 Å². The number of aromatic amines is 1. The summed E-state index contributed by atoms with van der Waals surface area (Å²) in [6.07, 6.45) is 8.03. The topological polar surface area (TPSA) is 92.6 Å². The van der Waals surface area contributed by atoms with Gasteiger partial charge in [-0.1, -0.05) is 0 Å². The van der Waals surface area contributed by atoms with Gasteiger partial charge in [-0.25, -0.2) is 4.98 Å². The summed E-state index contributed by atoms with van der Waals surface area (Å²) in [4.78, 5) is 23.7. The second kappa shape index (κ2) is 7.07. The summed E-state index contributed by atoms with van der Waals surface area (Å²) in [6.45, 7) is 3.36. The molecule has 4 rings (SSSR count). The highest BCUT2D eigenvalue weighted by Crippen LogP contribution is 2.31. The van der Waals surface area contributed by atoms with Gasteiger partial charge in [-0.15, -0.1) is 0 Å². The number of nitrogens with one attached hydrogen (secondary N) is 1. The summed E-state index contributed by atoms with van der Waals surface area (Å²) in [7, 11) is 0. The molecule has 0 bridgehead atoms. The van der Waals surface area contributed by atoms with Crippen LogP contribution < -0.4 is 0 Å². The van der Waals surface area contributed by atoms with E-state index in [9.17, 15) is 4.79 Å². The van der Waals surface area contributed by atoms with Crippen molar-refractivity contribution in [2.45, 2.75) is 38.8 Å². The average Bonchev–Trinajstić information content (AvgIpc) is 3.37. The third kappa shape index (κ3) is 2.98. The fourth-order valence-corrected chi connectivity index (χ4v) is 3.43. The van der Waals surface area contributed by atoms with Crippen LogP contribution in [0.25, 0.3) is 11.4 Å². The van der Waals surface area contributed by atoms with E-state index in [-0.39, 0.29) is 11.9 Å². The third-order valence-corrected chi connectivity index (χ3v) is 4.76. The summed E-state index contributed by atoms with van der Waals surface area (Å²) in [5.74, 6) is 1.35. The van der Waals surface area contributed by atoms with Crippen LogP contribution in [0.2, 0.25) is 0 Å². The molecule has 3 aromatic rings. The maximum atomic E-state index is 13.1. The van der Waals surface area contributed by atoms with E-state index < -0.39 is 0 Å². The van der Waals surface area contributed by atoms with E-state index in [2.05, 4.69) is 25.3 Å². The summed E-state index contributed by atoms with van der Waals surface area (Å²) in [6, 6.07) is 5.42. The van der Waals surface area contributed by atoms with E-state index in [0.29, 0.717) is 24.6 Å². The van der Waals surface area contributed by atoms with Crippen molar-refractivity contribution in [1.29, 1.82) is 0 Å². The number of hydrogen-bond acceptors (Lipinski definition) is 5. The van der Waals surface area contributed by atoms with Crippen molar-refractivity contribution in [1.82, 2.24) is 34.8 Å². The molecule has 3 aromatic heterocycles. The number of aryl methyl sites for hydroxylation is 1. The molecule has 0 aromatic carbocycles. The van der Waals surface area contributed by atoms with E-state index in [1.165, 1.54) is 0 Å². The molecular weight excluding hydrogens is 330 g/mol. The lowest BCUT2D eigenvalue weighted by atomic mass is 10.0. The fourth-order valence-electron chi connectivity index (χ4n) is 3.43. The van der Waals surface area contributed by atoms with Gasteiger partial charge in [0.1, 0.15) is 11.5 Å². The van der Waals surface area contributed by atoms with Gasteiger partial charge in [0.25, 0.3) is 5.91 Å². The number of carbonyl (C=O) groups excluding carboxylic acids is 1. The molecule has 1 fully saturated rings. The van der Waals surface area contributed by atoms with E-state index >= 15 is 0 Å². The molecule has 1 amide bonds. The molecule has 1 unspecified atom stereocenters. The van der Waals surface area contributed by atoms with Gasteiger partial charge >= 0.3 is 0 Å². The standard InChI is InChI=1S/C18H21N7O/c1-2-25-15(8-11-20-25)18(26)24-12-4-3-5-14(24)17-21-16(22-23-17)13-6-9-19-10-7-13/h6-11,14H,2-5,12H2,1H3,(H,21,22,23). The van der Waals surface area contributed by atoms with Crippen molar-refractivity contribution in [3.8, 4) is 11.4 Å². The molecule has 26 heavy (non-hydrogen) atoms. The minimum absolute atomic E-state index is 0.00379. The molecule has 8 nitrogen and oxygen atoms in total. The van der Waals surface area contributed by atoms with Crippen LogP contribution >= 0.6 is 0 Å². The second-order valence-electron chi connectivity index (χ2n) is 6.32. The fraction of sp³-hybridized carbons (Fsp3) is 0.389. The number of rotatable bonds is 4. The monoisotopic (exact) mass is 351 g/mol. The Bertz CT molecular complexity index is 886. The van der Waals surface area contributed by atoms with Crippen molar-refractivity contribution >= 4 is 5.91 Å². The first kappa shape index (κ1) is 16.4. The molecule has 8 heteroatoms. The van der Waals surface area contributed by atoms with E-state index in [1.807, 2.05) is 24.0 Å². The lowest BCUT2D eigenvalue weighted by Gasteiger charge is -2.34. The molecule has 1 atom stereocenters. The number of aromatic nitrogens is 6. The molecule has 1 aliphatic heterocycles. The van der Waals surface area contributed by atoms with Gasteiger partial charge in [-0.3, -0.25) is 19.6 Å². The quantitative estimate of drug-likeness (QED) is 0.779. The Morgan fingerprint density at radius 2 is 2.08 bits per heavy atom. The maximum absolute atomic E-state index is 13.1. The predicted molar refractivity (Wildman–Crippen MR) is 95.1 cm³/mol. The molecule has 1 saturated heterocycles. The van der Waals surface area contributed by atoms with Crippen LogP contribution in [0.5, 0.6) is 0 Å².